The Kier molecular flexibility index (Phi) is 6.93. The van der Waals surface area contributed by atoms with E-state index in [2.05, 4.69) is 15.2 Å². The van der Waals surface area contributed by atoms with Crippen LogP contribution in [0.25, 0.3) is 5.69 Å². The summed E-state index contributed by atoms with van der Waals surface area (Å²) in [6.07, 6.45) is 0.675. The zero-order chi connectivity index (χ0) is 23.5. The monoisotopic (exact) mass is 443 g/mol. The minimum atomic E-state index is -2.91. The molecule has 0 spiro atoms. The number of carbonyl (C=O) groups excluding carboxylic acids is 1. The van der Waals surface area contributed by atoms with E-state index in [1.54, 1.807) is 10.9 Å². The zero-order valence-corrected chi connectivity index (χ0v) is 18.5. The summed E-state index contributed by atoms with van der Waals surface area (Å²) in [6.45, 7) is 4.96. The molecule has 2 aromatic carbocycles. The number of hydrogen-bond acceptors (Lipinski definition) is 4. The predicted octanol–water partition coefficient (Wildman–Crippen LogP) is 4.54. The maximum atomic E-state index is 12.9. The molecular formula is C24H27F2N3O3. The van der Waals surface area contributed by atoms with Crippen molar-refractivity contribution in [3.05, 3.63) is 77.1 Å². The van der Waals surface area contributed by atoms with Crippen molar-refractivity contribution in [1.82, 2.24) is 15.1 Å². The van der Waals surface area contributed by atoms with Gasteiger partial charge in [0.05, 0.1) is 23.0 Å². The fourth-order valence-corrected chi connectivity index (χ4v) is 3.20. The molecule has 0 fully saturated rings. The van der Waals surface area contributed by atoms with Crippen molar-refractivity contribution in [3.8, 4) is 11.4 Å². The second-order valence-electron chi connectivity index (χ2n) is 8.59. The Balaban J connectivity index is 1.74. The number of aryl methyl sites for hydroxylation is 1. The van der Waals surface area contributed by atoms with Crippen LogP contribution in [0.1, 0.15) is 54.1 Å². The molecule has 1 heterocycles. The molecule has 0 bridgehead atoms. The molecule has 3 aromatic rings. The minimum absolute atomic E-state index is 0.00155. The normalized spacial score (nSPS) is 12.6. The van der Waals surface area contributed by atoms with E-state index >= 15 is 0 Å². The molecule has 1 aromatic heterocycles. The Morgan fingerprint density at radius 3 is 2.31 bits per heavy atom. The lowest BCUT2D eigenvalue weighted by molar-refractivity contribution is -0.0498. The average molecular weight is 443 g/mol. The van der Waals surface area contributed by atoms with Crippen LogP contribution in [0.5, 0.6) is 5.75 Å². The molecule has 0 aliphatic carbocycles. The lowest BCUT2D eigenvalue weighted by Gasteiger charge is -2.18. The number of alkyl halides is 2. The first-order valence-electron chi connectivity index (χ1n) is 10.2. The van der Waals surface area contributed by atoms with Crippen LogP contribution in [0.15, 0.2) is 54.7 Å². The molecule has 2 N–H and O–H groups in total. The molecule has 3 rings (SSSR count). The van der Waals surface area contributed by atoms with Crippen molar-refractivity contribution in [2.24, 2.45) is 0 Å². The molecule has 0 radical (unpaired) electrons. The van der Waals surface area contributed by atoms with Gasteiger partial charge in [-0.25, -0.2) is 4.68 Å². The number of rotatable bonds is 7. The van der Waals surface area contributed by atoms with Crippen LogP contribution in [0.3, 0.4) is 0 Å². The molecule has 32 heavy (non-hydrogen) atoms. The van der Waals surface area contributed by atoms with Crippen molar-refractivity contribution in [1.29, 1.82) is 0 Å². The standard InChI is InChI=1S/C24H27F2N3O3/c1-15-5-9-17(10-6-15)29-14-19(21(28-29)24(2,3)4)22(31)27-13-20(30)16-7-11-18(12-8-16)32-23(25)26/h5-12,14,20,23,30H,13H2,1-4H3,(H,27,31). The number of benzene rings is 2. The van der Waals surface area contributed by atoms with Crippen LogP contribution in [0.2, 0.25) is 0 Å². The third-order valence-corrected chi connectivity index (χ3v) is 4.91. The number of halogens is 2. The van der Waals surface area contributed by atoms with Gasteiger partial charge in [0.25, 0.3) is 5.91 Å². The van der Waals surface area contributed by atoms with Crippen molar-refractivity contribution in [2.75, 3.05) is 6.54 Å². The highest BCUT2D eigenvalue weighted by molar-refractivity contribution is 5.95. The van der Waals surface area contributed by atoms with Crippen molar-refractivity contribution in [3.63, 3.8) is 0 Å². The van der Waals surface area contributed by atoms with Gasteiger partial charge < -0.3 is 15.2 Å². The van der Waals surface area contributed by atoms with Gasteiger partial charge in [0.1, 0.15) is 5.75 Å². The second kappa shape index (κ2) is 9.48. The van der Waals surface area contributed by atoms with Gasteiger partial charge in [0.2, 0.25) is 0 Å². The number of nitrogens with zero attached hydrogens (tertiary/aromatic N) is 2. The molecule has 0 aliphatic heterocycles. The van der Waals surface area contributed by atoms with Crippen molar-refractivity contribution < 1.29 is 23.4 Å². The molecule has 0 saturated carbocycles. The van der Waals surface area contributed by atoms with Crippen LogP contribution < -0.4 is 10.1 Å². The maximum Gasteiger partial charge on any atom is 0.387 e. The Morgan fingerprint density at radius 2 is 1.75 bits per heavy atom. The second-order valence-corrected chi connectivity index (χ2v) is 8.59. The van der Waals surface area contributed by atoms with Crippen LogP contribution in [-0.4, -0.2) is 34.0 Å². The van der Waals surface area contributed by atoms with E-state index in [0.717, 1.165) is 11.3 Å². The molecule has 1 atom stereocenters. The van der Waals surface area contributed by atoms with Gasteiger partial charge in [0.15, 0.2) is 0 Å². The summed E-state index contributed by atoms with van der Waals surface area (Å²) in [4.78, 5) is 12.9. The van der Waals surface area contributed by atoms with E-state index in [1.807, 2.05) is 52.0 Å². The third-order valence-electron chi connectivity index (χ3n) is 4.91. The molecule has 1 amide bonds. The van der Waals surface area contributed by atoms with E-state index in [4.69, 9.17) is 0 Å². The summed E-state index contributed by atoms with van der Waals surface area (Å²) in [6, 6.07) is 13.5. The summed E-state index contributed by atoms with van der Waals surface area (Å²) in [5.41, 5.74) is 3.12. The first kappa shape index (κ1) is 23.4. The number of amides is 1. The number of nitrogens with one attached hydrogen (secondary N) is 1. The average Bonchev–Trinajstić information content (AvgIpc) is 3.18. The lowest BCUT2D eigenvalue weighted by Crippen LogP contribution is -2.30. The molecule has 1 unspecified atom stereocenters. The van der Waals surface area contributed by atoms with E-state index in [1.165, 1.54) is 24.3 Å². The quantitative estimate of drug-likeness (QED) is 0.562. The molecule has 170 valence electrons. The van der Waals surface area contributed by atoms with Gasteiger partial charge >= 0.3 is 6.61 Å². The largest absolute Gasteiger partial charge is 0.435 e. The maximum absolute atomic E-state index is 12.9. The van der Waals surface area contributed by atoms with Gasteiger partial charge in [-0.05, 0) is 36.8 Å². The first-order chi connectivity index (χ1) is 15.0. The van der Waals surface area contributed by atoms with Gasteiger partial charge in [-0.15, -0.1) is 0 Å². The number of hydrogen-bond donors (Lipinski definition) is 2. The fourth-order valence-electron chi connectivity index (χ4n) is 3.20. The summed E-state index contributed by atoms with van der Waals surface area (Å²) >= 11 is 0. The van der Waals surface area contributed by atoms with Crippen LogP contribution in [0.4, 0.5) is 8.78 Å². The van der Waals surface area contributed by atoms with E-state index in [9.17, 15) is 18.7 Å². The Hall–Kier alpha value is -3.26. The van der Waals surface area contributed by atoms with Crippen LogP contribution in [-0.2, 0) is 5.41 Å². The summed E-state index contributed by atoms with van der Waals surface area (Å²) in [5, 5.41) is 17.8. The van der Waals surface area contributed by atoms with Crippen molar-refractivity contribution in [2.45, 2.75) is 45.8 Å². The van der Waals surface area contributed by atoms with E-state index < -0.39 is 12.7 Å². The molecule has 0 saturated heterocycles. The number of aliphatic hydroxyl groups excluding tert-OH is 1. The van der Waals surface area contributed by atoms with E-state index in [-0.39, 0.29) is 23.6 Å². The minimum Gasteiger partial charge on any atom is -0.435 e. The van der Waals surface area contributed by atoms with Crippen molar-refractivity contribution >= 4 is 5.91 Å². The number of ether oxygens (including phenoxy) is 1. The van der Waals surface area contributed by atoms with Gasteiger partial charge in [-0.3, -0.25) is 4.79 Å². The molecule has 0 aliphatic rings. The Morgan fingerprint density at radius 1 is 1.12 bits per heavy atom. The van der Waals surface area contributed by atoms with Gasteiger partial charge in [-0.1, -0.05) is 50.6 Å². The highest BCUT2D eigenvalue weighted by Crippen LogP contribution is 2.26. The molecule has 6 nitrogen and oxygen atoms in total. The smallest absolute Gasteiger partial charge is 0.387 e. The Bertz CT molecular complexity index is 1060. The summed E-state index contributed by atoms with van der Waals surface area (Å²) < 4.78 is 30.5. The SMILES string of the molecule is Cc1ccc(-n2cc(C(=O)NCC(O)c3ccc(OC(F)F)cc3)c(C(C)(C)C)n2)cc1. The highest BCUT2D eigenvalue weighted by atomic mass is 19.3. The van der Waals surface area contributed by atoms with Gasteiger partial charge in [-0.2, -0.15) is 13.9 Å². The molecule has 8 heteroatoms. The Labute approximate surface area is 185 Å². The number of carbonyl (C=O) groups is 1. The number of aromatic nitrogens is 2. The first-order valence-corrected chi connectivity index (χ1v) is 10.2. The van der Waals surface area contributed by atoms with Crippen LogP contribution in [0, 0.1) is 6.92 Å². The summed E-state index contributed by atoms with van der Waals surface area (Å²) in [7, 11) is 0. The predicted molar refractivity (Wildman–Crippen MR) is 117 cm³/mol. The highest BCUT2D eigenvalue weighted by Gasteiger charge is 2.27. The van der Waals surface area contributed by atoms with E-state index in [0.29, 0.717) is 16.8 Å². The third kappa shape index (κ3) is 5.70. The fraction of sp³-hybridized carbons (Fsp3) is 0.333. The lowest BCUT2D eigenvalue weighted by atomic mass is 9.89. The van der Waals surface area contributed by atoms with Crippen LogP contribution >= 0.6 is 0 Å². The van der Waals surface area contributed by atoms with Gasteiger partial charge in [0, 0.05) is 18.2 Å². The number of aliphatic hydroxyl groups is 1. The summed E-state index contributed by atoms with van der Waals surface area (Å²) in [5.74, 6) is -0.358. The zero-order valence-electron chi connectivity index (χ0n) is 18.5. The topological polar surface area (TPSA) is 76.4 Å². The molecular weight excluding hydrogens is 416 g/mol.